The Kier molecular flexibility index (Phi) is 7.06. The first kappa shape index (κ1) is 21.1. The number of hydrogen-bond donors (Lipinski definition) is 3. The molecule has 0 radical (unpaired) electrons. The summed E-state index contributed by atoms with van der Waals surface area (Å²) < 4.78 is 5.53. The minimum absolute atomic E-state index is 0.148. The van der Waals surface area contributed by atoms with E-state index in [-0.39, 0.29) is 11.7 Å². The smallest absolute Gasteiger partial charge is 0.250 e. The average Bonchev–Trinajstić information content (AvgIpc) is 3.17. The molecule has 0 atom stereocenters. The van der Waals surface area contributed by atoms with E-state index in [1.807, 2.05) is 18.2 Å². The second kappa shape index (κ2) is 9.71. The second-order valence-corrected chi connectivity index (χ2v) is 7.20. The number of nitrogens with one attached hydrogen (secondary N) is 2. The van der Waals surface area contributed by atoms with Gasteiger partial charge in [0.05, 0.1) is 0 Å². The highest BCUT2D eigenvalue weighted by atomic mass is 35.5. The molecule has 0 saturated heterocycles. The first-order chi connectivity index (χ1) is 13.9. The maximum Gasteiger partial charge on any atom is 0.250 e. The highest BCUT2D eigenvalue weighted by Gasteiger charge is 2.07. The van der Waals surface area contributed by atoms with Crippen LogP contribution >= 0.6 is 35.4 Å². The van der Waals surface area contributed by atoms with Crippen LogP contribution in [-0.4, -0.2) is 16.1 Å². The van der Waals surface area contributed by atoms with Gasteiger partial charge in [-0.1, -0.05) is 41.4 Å². The summed E-state index contributed by atoms with van der Waals surface area (Å²) in [4.78, 5) is 12.1. The number of aliphatic hydroxyl groups excluding tert-OH is 1. The third kappa shape index (κ3) is 5.92. The molecule has 29 heavy (non-hydrogen) atoms. The zero-order valence-corrected chi connectivity index (χ0v) is 17.3. The quantitative estimate of drug-likeness (QED) is 0.367. The van der Waals surface area contributed by atoms with E-state index < -0.39 is 5.91 Å². The van der Waals surface area contributed by atoms with Crippen LogP contribution in [0.2, 0.25) is 10.0 Å². The average molecular weight is 447 g/mol. The Morgan fingerprint density at radius 2 is 1.97 bits per heavy atom. The van der Waals surface area contributed by atoms with Crippen molar-refractivity contribution in [2.24, 2.45) is 0 Å². The Hall–Kier alpha value is -2.64. The lowest BCUT2D eigenvalue weighted by Gasteiger charge is -2.09. The molecule has 0 aliphatic rings. The molecule has 1 heterocycles. The van der Waals surface area contributed by atoms with Crippen molar-refractivity contribution in [1.29, 1.82) is 0 Å². The van der Waals surface area contributed by atoms with E-state index in [2.05, 4.69) is 10.6 Å². The molecule has 0 saturated carbocycles. The van der Waals surface area contributed by atoms with Gasteiger partial charge in [-0.2, -0.15) is 0 Å². The molecule has 1 aromatic heterocycles. The fourth-order valence-electron chi connectivity index (χ4n) is 2.49. The minimum Gasteiger partial charge on any atom is -0.459 e. The molecule has 1 amide bonds. The van der Waals surface area contributed by atoms with E-state index in [1.54, 1.807) is 42.5 Å². The lowest BCUT2D eigenvalue weighted by molar-refractivity contribution is -0.115. The van der Waals surface area contributed by atoms with Crippen LogP contribution in [0.4, 0.5) is 5.69 Å². The van der Waals surface area contributed by atoms with E-state index >= 15 is 0 Å². The number of halogens is 2. The van der Waals surface area contributed by atoms with Crippen molar-refractivity contribution in [3.63, 3.8) is 0 Å². The van der Waals surface area contributed by atoms with Crippen LogP contribution in [0.5, 0.6) is 0 Å². The summed E-state index contributed by atoms with van der Waals surface area (Å²) >= 11 is 17.1. The highest BCUT2D eigenvalue weighted by molar-refractivity contribution is 7.80. The summed E-state index contributed by atoms with van der Waals surface area (Å²) in [5.41, 5.74) is 2.15. The van der Waals surface area contributed by atoms with Crippen LogP contribution in [-0.2, 0) is 11.4 Å². The SMILES string of the molecule is O=C(C=Cc1ccc(Cl)cc1Cl)NC(=S)Nc1cccc(-c2ccc(CO)o2)c1. The number of aliphatic hydroxyl groups is 1. The maximum atomic E-state index is 12.1. The van der Waals surface area contributed by atoms with Crippen molar-refractivity contribution in [3.05, 3.63) is 82.0 Å². The van der Waals surface area contributed by atoms with Crippen molar-refractivity contribution in [2.75, 3.05) is 5.32 Å². The van der Waals surface area contributed by atoms with Gasteiger partial charge in [0.15, 0.2) is 5.11 Å². The van der Waals surface area contributed by atoms with Crippen molar-refractivity contribution < 1.29 is 14.3 Å². The van der Waals surface area contributed by atoms with Gasteiger partial charge >= 0.3 is 0 Å². The number of amides is 1. The molecule has 0 bridgehead atoms. The second-order valence-electron chi connectivity index (χ2n) is 5.95. The van der Waals surface area contributed by atoms with Gasteiger partial charge in [-0.15, -0.1) is 0 Å². The summed E-state index contributed by atoms with van der Waals surface area (Å²) in [5.74, 6) is 0.701. The zero-order valence-electron chi connectivity index (χ0n) is 15.0. The van der Waals surface area contributed by atoms with E-state index in [1.165, 1.54) is 6.08 Å². The summed E-state index contributed by atoms with van der Waals surface area (Å²) in [5, 5.41) is 15.8. The normalized spacial score (nSPS) is 10.9. The molecule has 0 aliphatic heterocycles. The number of carbonyl (C=O) groups is 1. The first-order valence-corrected chi connectivity index (χ1v) is 9.66. The fourth-order valence-corrected chi connectivity index (χ4v) is 3.18. The van der Waals surface area contributed by atoms with Gasteiger partial charge in [-0.3, -0.25) is 10.1 Å². The molecule has 3 aromatic rings. The standard InChI is InChI=1S/C21H16Cl2N2O3S/c22-15-6-4-13(18(23)11-15)5-9-20(27)25-21(29)24-16-3-1-2-14(10-16)19-8-7-17(12-26)28-19/h1-11,26H,12H2,(H2,24,25,27,29). The van der Waals surface area contributed by atoms with Gasteiger partial charge in [-0.25, -0.2) is 0 Å². The Labute approximate surface area is 182 Å². The predicted molar refractivity (Wildman–Crippen MR) is 120 cm³/mol. The zero-order chi connectivity index (χ0) is 20.8. The Morgan fingerprint density at radius 3 is 2.69 bits per heavy atom. The number of hydrogen-bond acceptors (Lipinski definition) is 4. The molecule has 0 spiro atoms. The lowest BCUT2D eigenvalue weighted by atomic mass is 10.1. The summed E-state index contributed by atoms with van der Waals surface area (Å²) in [6, 6.07) is 15.8. The van der Waals surface area contributed by atoms with Crippen molar-refractivity contribution in [2.45, 2.75) is 6.61 Å². The number of anilines is 1. The van der Waals surface area contributed by atoms with Crippen LogP contribution in [0.15, 0.2) is 65.1 Å². The Bertz CT molecular complexity index is 1080. The van der Waals surface area contributed by atoms with Crippen molar-refractivity contribution >= 4 is 58.2 Å². The van der Waals surface area contributed by atoms with Crippen molar-refractivity contribution in [3.8, 4) is 11.3 Å². The Balaban J connectivity index is 1.61. The molecular formula is C21H16Cl2N2O3S. The van der Waals surface area contributed by atoms with Crippen LogP contribution in [0.25, 0.3) is 17.4 Å². The lowest BCUT2D eigenvalue weighted by Crippen LogP contribution is -2.32. The largest absolute Gasteiger partial charge is 0.459 e. The third-order valence-electron chi connectivity index (χ3n) is 3.84. The van der Waals surface area contributed by atoms with Gasteiger partial charge in [0.25, 0.3) is 0 Å². The maximum absolute atomic E-state index is 12.1. The van der Waals surface area contributed by atoms with Gasteiger partial charge in [-0.05, 0) is 60.3 Å². The molecular weight excluding hydrogens is 431 g/mol. The molecule has 148 valence electrons. The van der Waals surface area contributed by atoms with Crippen LogP contribution in [0, 0.1) is 0 Å². The third-order valence-corrected chi connectivity index (χ3v) is 4.60. The summed E-state index contributed by atoms with van der Waals surface area (Å²) in [7, 11) is 0. The number of carbonyl (C=O) groups excluding carboxylic acids is 1. The highest BCUT2D eigenvalue weighted by Crippen LogP contribution is 2.25. The van der Waals surface area contributed by atoms with Crippen LogP contribution in [0.1, 0.15) is 11.3 Å². The molecule has 2 aromatic carbocycles. The predicted octanol–water partition coefficient (Wildman–Crippen LogP) is 5.27. The monoisotopic (exact) mass is 446 g/mol. The molecule has 0 aliphatic carbocycles. The molecule has 0 fully saturated rings. The van der Waals surface area contributed by atoms with Crippen LogP contribution < -0.4 is 10.6 Å². The summed E-state index contributed by atoms with van der Waals surface area (Å²) in [6.45, 7) is -0.164. The number of thiocarbonyl (C=S) groups is 1. The number of furan rings is 1. The molecule has 3 N–H and O–H groups in total. The van der Waals surface area contributed by atoms with E-state index in [0.717, 1.165) is 5.56 Å². The summed E-state index contributed by atoms with van der Waals surface area (Å²) in [6.07, 6.45) is 2.91. The molecule has 0 unspecified atom stereocenters. The Morgan fingerprint density at radius 1 is 1.14 bits per heavy atom. The minimum atomic E-state index is -0.400. The molecule has 5 nitrogen and oxygen atoms in total. The van der Waals surface area contributed by atoms with Gasteiger partial charge in [0.2, 0.25) is 5.91 Å². The van der Waals surface area contributed by atoms with Crippen molar-refractivity contribution in [1.82, 2.24) is 5.32 Å². The van der Waals surface area contributed by atoms with E-state index in [4.69, 9.17) is 44.9 Å². The number of benzene rings is 2. The van der Waals surface area contributed by atoms with Gasteiger partial charge < -0.3 is 14.8 Å². The van der Waals surface area contributed by atoms with Gasteiger partial charge in [0.1, 0.15) is 18.1 Å². The topological polar surface area (TPSA) is 74.5 Å². The molecule has 3 rings (SSSR count). The first-order valence-electron chi connectivity index (χ1n) is 8.50. The van der Waals surface area contributed by atoms with E-state index in [9.17, 15) is 4.79 Å². The van der Waals surface area contributed by atoms with E-state index in [0.29, 0.717) is 32.8 Å². The van der Waals surface area contributed by atoms with Gasteiger partial charge in [0, 0.05) is 27.4 Å². The number of rotatable bonds is 5. The molecule has 8 heteroatoms. The fraction of sp³-hybridized carbons (Fsp3) is 0.0476. The van der Waals surface area contributed by atoms with Crippen LogP contribution in [0.3, 0.4) is 0 Å².